The maximum atomic E-state index is 15.0. The molecule has 1 fully saturated rings. The first-order valence-corrected chi connectivity index (χ1v) is 16.5. The molecule has 0 spiro atoms. The van der Waals surface area contributed by atoms with Crippen molar-refractivity contribution in [2.24, 2.45) is 5.10 Å². The van der Waals surface area contributed by atoms with Gasteiger partial charge in [0.25, 0.3) is 0 Å². The number of hydrogen-bond acceptors (Lipinski definition) is 6. The van der Waals surface area contributed by atoms with E-state index in [1.54, 1.807) is 12.5 Å². The Bertz CT molecular complexity index is 903. The van der Waals surface area contributed by atoms with Crippen molar-refractivity contribution < 1.29 is 27.7 Å². The van der Waals surface area contributed by atoms with Gasteiger partial charge in [0.05, 0.1) is 20.3 Å². The fraction of sp³-hybridized carbons (Fsp3) is 0.593. The average molecular weight is 540 g/mol. The molecule has 0 N–H and O–H groups in total. The van der Waals surface area contributed by atoms with Crippen LogP contribution in [0.25, 0.3) is 0 Å². The molecular weight excluding hydrogens is 496 g/mol. The van der Waals surface area contributed by atoms with Crippen molar-refractivity contribution in [3.63, 3.8) is 0 Å². The molecule has 0 bridgehead atoms. The Morgan fingerprint density at radius 2 is 1.78 bits per heavy atom. The monoisotopic (exact) mass is 539 g/mol. The molecular formula is C27H43F2N3O4Si. The van der Waals surface area contributed by atoms with E-state index in [2.05, 4.69) is 31.3 Å². The summed E-state index contributed by atoms with van der Waals surface area (Å²) < 4.78 is 51.6. The van der Waals surface area contributed by atoms with E-state index in [4.69, 9.17) is 18.9 Å². The minimum atomic E-state index is -1.25. The second-order valence-electron chi connectivity index (χ2n) is 10.2. The summed E-state index contributed by atoms with van der Waals surface area (Å²) in [6.45, 7) is 15.0. The second-order valence-corrected chi connectivity index (χ2v) is 15.8. The smallest absolute Gasteiger partial charge is 0.171 e. The predicted octanol–water partition coefficient (Wildman–Crippen LogP) is 6.00. The van der Waals surface area contributed by atoms with E-state index in [9.17, 15) is 0 Å². The number of halogens is 2. The van der Waals surface area contributed by atoms with Crippen LogP contribution in [0.15, 0.2) is 35.7 Å². The normalized spacial score (nSPS) is 15.2. The molecule has 0 unspecified atom stereocenters. The van der Waals surface area contributed by atoms with Crippen molar-refractivity contribution in [1.82, 2.24) is 9.91 Å². The van der Waals surface area contributed by atoms with Gasteiger partial charge in [-0.2, -0.15) is 5.10 Å². The van der Waals surface area contributed by atoms with Crippen molar-refractivity contribution in [1.29, 1.82) is 0 Å². The minimum absolute atomic E-state index is 0.0477. The highest BCUT2D eigenvalue weighted by molar-refractivity contribution is 6.76. The van der Waals surface area contributed by atoms with E-state index in [0.717, 1.165) is 24.5 Å². The van der Waals surface area contributed by atoms with Gasteiger partial charge in [-0.3, -0.25) is 5.01 Å². The van der Waals surface area contributed by atoms with Gasteiger partial charge in [-0.15, -0.1) is 0 Å². The Hall–Kier alpha value is -2.43. The third kappa shape index (κ3) is 9.75. The first-order chi connectivity index (χ1) is 17.6. The molecule has 7 nitrogen and oxygen atoms in total. The highest BCUT2D eigenvalue weighted by atomic mass is 28.3. The number of methoxy groups -OCH3 is 2. The Morgan fingerprint density at radius 3 is 2.30 bits per heavy atom. The minimum Gasteiger partial charge on any atom is -0.494 e. The quantitative estimate of drug-likeness (QED) is 0.0681. The summed E-state index contributed by atoms with van der Waals surface area (Å²) in [7, 11) is 1.44. The molecule has 2 rings (SSSR count). The maximum Gasteiger partial charge on any atom is 0.171 e. The van der Waals surface area contributed by atoms with Crippen molar-refractivity contribution >= 4 is 14.4 Å². The molecule has 0 atom stereocenters. The molecule has 0 aromatic heterocycles. The Balaban J connectivity index is 2.30. The average Bonchev–Trinajstić information content (AvgIpc) is 2.88. The second kappa shape index (κ2) is 15.1. The van der Waals surface area contributed by atoms with E-state index in [1.165, 1.54) is 20.3 Å². The van der Waals surface area contributed by atoms with E-state index < -0.39 is 19.7 Å². The van der Waals surface area contributed by atoms with E-state index in [0.29, 0.717) is 26.2 Å². The van der Waals surface area contributed by atoms with Crippen LogP contribution in [-0.4, -0.2) is 71.1 Å². The molecule has 0 aliphatic carbocycles. The third-order valence-electron chi connectivity index (χ3n) is 6.19. The highest BCUT2D eigenvalue weighted by Gasteiger charge is 2.21. The van der Waals surface area contributed by atoms with Gasteiger partial charge in [-0.1, -0.05) is 33.1 Å². The van der Waals surface area contributed by atoms with E-state index in [-0.39, 0.29) is 36.3 Å². The Labute approximate surface area is 221 Å². The lowest BCUT2D eigenvalue weighted by atomic mass is 10.0. The van der Waals surface area contributed by atoms with Crippen LogP contribution >= 0.6 is 0 Å². The standard InChI is InChI=1S/C27H43F2N3O4Si/c1-8-21(16-23-26(28)24(33-3)17-25(34-4)27(23)29)18-31(20-36-14-15-37(5,6)7)19-30-32(9-2)22-10-12-35-13-11-22/h9,17-19,22H,2,8,10-16,20H2,1,3-7H3/b21-18+,30-19-. The lowest BCUT2D eigenvalue weighted by molar-refractivity contribution is 0.0495. The fourth-order valence-corrected chi connectivity index (χ4v) is 4.59. The van der Waals surface area contributed by atoms with Crippen molar-refractivity contribution in [3.8, 4) is 11.5 Å². The van der Waals surface area contributed by atoms with Crippen LogP contribution in [-0.2, 0) is 15.9 Å². The number of nitrogens with zero attached hydrogens (tertiary/aromatic N) is 3. The third-order valence-corrected chi connectivity index (χ3v) is 7.90. The lowest BCUT2D eigenvalue weighted by Gasteiger charge is -2.29. The summed E-state index contributed by atoms with van der Waals surface area (Å²) in [5, 5.41) is 6.47. The zero-order chi connectivity index (χ0) is 27.4. The van der Waals surface area contributed by atoms with Crippen LogP contribution in [0.1, 0.15) is 31.7 Å². The molecule has 1 aromatic carbocycles. The van der Waals surface area contributed by atoms with E-state index in [1.807, 2.05) is 23.0 Å². The maximum absolute atomic E-state index is 15.0. The summed E-state index contributed by atoms with van der Waals surface area (Å²) in [5.41, 5.74) is 0.695. The van der Waals surface area contributed by atoms with Crippen LogP contribution in [0.4, 0.5) is 8.78 Å². The number of ether oxygens (including phenoxy) is 4. The summed E-state index contributed by atoms with van der Waals surface area (Å²) >= 11 is 0. The van der Waals surface area contributed by atoms with E-state index >= 15 is 8.78 Å². The van der Waals surface area contributed by atoms with Crippen LogP contribution in [0.2, 0.25) is 25.7 Å². The summed E-state index contributed by atoms with van der Waals surface area (Å²) in [6, 6.07) is 2.46. The summed E-state index contributed by atoms with van der Waals surface area (Å²) in [5.74, 6) is -1.59. The molecule has 1 aliphatic rings. The molecule has 1 saturated heterocycles. The topological polar surface area (TPSA) is 55.8 Å². The first-order valence-electron chi connectivity index (χ1n) is 12.8. The van der Waals surface area contributed by atoms with Gasteiger partial charge in [-0.05, 0) is 30.9 Å². The molecule has 1 heterocycles. The van der Waals surface area contributed by atoms with Crippen molar-refractivity contribution in [2.45, 2.75) is 64.3 Å². The highest BCUT2D eigenvalue weighted by Crippen LogP contribution is 2.33. The lowest BCUT2D eigenvalue weighted by Crippen LogP contribution is -2.33. The van der Waals surface area contributed by atoms with Crippen LogP contribution in [0.5, 0.6) is 11.5 Å². The van der Waals surface area contributed by atoms with Gasteiger partial charge in [0.1, 0.15) is 13.1 Å². The van der Waals surface area contributed by atoms with Crippen LogP contribution < -0.4 is 9.47 Å². The van der Waals surface area contributed by atoms with Gasteiger partial charge < -0.3 is 23.8 Å². The first kappa shape index (κ1) is 30.8. The molecule has 0 amide bonds. The number of benzene rings is 1. The number of rotatable bonds is 15. The van der Waals surface area contributed by atoms with Gasteiger partial charge in [0.15, 0.2) is 23.1 Å². The fourth-order valence-electron chi connectivity index (χ4n) is 3.83. The molecule has 1 aliphatic heterocycles. The SMILES string of the molecule is C=CN(/N=C\N(/C=C(\CC)Cc1c(F)c(OC)cc(OC)c1F)COCC[Si](C)(C)C)C1CCOCC1. The molecule has 0 saturated carbocycles. The Kier molecular flexibility index (Phi) is 12.6. The molecule has 0 radical (unpaired) electrons. The largest absolute Gasteiger partial charge is 0.494 e. The van der Waals surface area contributed by atoms with Gasteiger partial charge in [0.2, 0.25) is 0 Å². The summed E-state index contributed by atoms with van der Waals surface area (Å²) in [6.07, 6.45) is 7.57. The number of hydrogen-bond donors (Lipinski definition) is 0. The van der Waals surface area contributed by atoms with Crippen LogP contribution in [0.3, 0.4) is 0 Å². The van der Waals surface area contributed by atoms with Gasteiger partial charge in [-0.25, -0.2) is 8.78 Å². The van der Waals surface area contributed by atoms with Gasteiger partial charge >= 0.3 is 0 Å². The summed E-state index contributed by atoms with van der Waals surface area (Å²) in [4.78, 5) is 1.81. The molecule has 37 heavy (non-hydrogen) atoms. The van der Waals surface area contributed by atoms with Crippen molar-refractivity contribution in [2.75, 3.05) is 40.8 Å². The molecule has 208 valence electrons. The number of allylic oxidation sites excluding steroid dienone is 1. The predicted molar refractivity (Wildman–Crippen MR) is 147 cm³/mol. The van der Waals surface area contributed by atoms with Crippen molar-refractivity contribution in [3.05, 3.63) is 47.8 Å². The number of hydrazone groups is 1. The molecule has 10 heteroatoms. The van der Waals surface area contributed by atoms with Crippen LogP contribution in [0, 0.1) is 11.6 Å². The zero-order valence-electron chi connectivity index (χ0n) is 23.2. The Morgan fingerprint density at radius 1 is 1.16 bits per heavy atom. The zero-order valence-corrected chi connectivity index (χ0v) is 24.2. The van der Waals surface area contributed by atoms with Gasteiger partial charge in [0, 0.05) is 58.3 Å². The molecule has 1 aromatic rings.